The van der Waals surface area contributed by atoms with E-state index in [1.807, 2.05) is 20.8 Å². The van der Waals surface area contributed by atoms with Crippen molar-refractivity contribution >= 4 is 11.9 Å². The number of carbonyl (C=O) groups is 2. The molecule has 0 fully saturated rings. The van der Waals surface area contributed by atoms with Crippen molar-refractivity contribution in [3.8, 4) is 0 Å². The molecule has 0 aromatic carbocycles. The average Bonchev–Trinajstić information content (AvgIpc) is 2.27. The molecule has 0 saturated carbocycles. The standard InChI is InChI=1S/C12H24N2O3/c1-5-7-10(12(16)17)14-9(4)11(15)13-8(3)6-2/h8-10,14H,5-7H2,1-4H3,(H,13,15)(H,16,17). The summed E-state index contributed by atoms with van der Waals surface area (Å²) in [5.41, 5.74) is 0. The molecule has 0 spiro atoms. The SMILES string of the molecule is CCCC(NC(C)C(=O)NC(C)CC)C(=O)O. The first kappa shape index (κ1) is 15.9. The van der Waals surface area contributed by atoms with E-state index < -0.39 is 18.1 Å². The lowest BCUT2D eigenvalue weighted by atomic mass is 10.1. The van der Waals surface area contributed by atoms with Gasteiger partial charge in [0.2, 0.25) is 5.91 Å². The summed E-state index contributed by atoms with van der Waals surface area (Å²) in [5.74, 6) is -1.06. The molecule has 1 amide bonds. The number of carbonyl (C=O) groups excluding carboxylic acids is 1. The van der Waals surface area contributed by atoms with Crippen LogP contribution in [0.1, 0.15) is 47.0 Å². The van der Waals surface area contributed by atoms with E-state index in [0.717, 1.165) is 12.8 Å². The smallest absolute Gasteiger partial charge is 0.320 e. The lowest BCUT2D eigenvalue weighted by molar-refractivity contribution is -0.140. The van der Waals surface area contributed by atoms with Crippen molar-refractivity contribution in [2.24, 2.45) is 0 Å². The number of aliphatic carboxylic acids is 1. The Morgan fingerprint density at radius 3 is 2.24 bits per heavy atom. The molecule has 5 heteroatoms. The van der Waals surface area contributed by atoms with Crippen molar-refractivity contribution < 1.29 is 14.7 Å². The monoisotopic (exact) mass is 244 g/mol. The molecule has 0 heterocycles. The van der Waals surface area contributed by atoms with Crippen LogP contribution < -0.4 is 10.6 Å². The van der Waals surface area contributed by atoms with Crippen LogP contribution in [0, 0.1) is 0 Å². The maximum atomic E-state index is 11.7. The first-order valence-corrected chi connectivity index (χ1v) is 6.21. The predicted molar refractivity (Wildman–Crippen MR) is 66.8 cm³/mol. The Labute approximate surface area is 103 Å². The average molecular weight is 244 g/mol. The molecule has 0 rings (SSSR count). The molecule has 0 aliphatic carbocycles. The van der Waals surface area contributed by atoms with Gasteiger partial charge in [0.15, 0.2) is 0 Å². The molecule has 100 valence electrons. The molecule has 3 N–H and O–H groups in total. The Hall–Kier alpha value is -1.10. The van der Waals surface area contributed by atoms with Crippen LogP contribution in [-0.2, 0) is 9.59 Å². The minimum absolute atomic E-state index is 0.112. The van der Waals surface area contributed by atoms with E-state index in [1.54, 1.807) is 6.92 Å². The number of nitrogens with one attached hydrogen (secondary N) is 2. The van der Waals surface area contributed by atoms with Gasteiger partial charge in [-0.3, -0.25) is 14.9 Å². The van der Waals surface area contributed by atoms with Gasteiger partial charge >= 0.3 is 5.97 Å². The highest BCUT2D eigenvalue weighted by Crippen LogP contribution is 1.99. The molecular formula is C12H24N2O3. The molecule has 0 radical (unpaired) electrons. The topological polar surface area (TPSA) is 78.4 Å². The van der Waals surface area contributed by atoms with Crippen molar-refractivity contribution in [1.29, 1.82) is 0 Å². The van der Waals surface area contributed by atoms with Crippen molar-refractivity contribution in [2.45, 2.75) is 65.1 Å². The summed E-state index contributed by atoms with van der Waals surface area (Å²) in [6, 6.07) is -1.03. The van der Waals surface area contributed by atoms with Crippen LogP contribution in [0.3, 0.4) is 0 Å². The van der Waals surface area contributed by atoms with E-state index in [4.69, 9.17) is 5.11 Å². The van der Waals surface area contributed by atoms with Gasteiger partial charge in [0.05, 0.1) is 6.04 Å². The van der Waals surface area contributed by atoms with Crippen molar-refractivity contribution in [1.82, 2.24) is 10.6 Å². The minimum Gasteiger partial charge on any atom is -0.480 e. The van der Waals surface area contributed by atoms with Gasteiger partial charge in [0.25, 0.3) is 0 Å². The number of amides is 1. The van der Waals surface area contributed by atoms with Gasteiger partial charge < -0.3 is 10.4 Å². The molecule has 3 unspecified atom stereocenters. The van der Waals surface area contributed by atoms with Gasteiger partial charge in [-0.1, -0.05) is 20.3 Å². The van der Waals surface area contributed by atoms with E-state index in [0.29, 0.717) is 6.42 Å². The Balaban J connectivity index is 4.25. The molecule has 0 aromatic heterocycles. The van der Waals surface area contributed by atoms with Crippen LogP contribution >= 0.6 is 0 Å². The third-order valence-corrected chi connectivity index (χ3v) is 2.72. The summed E-state index contributed by atoms with van der Waals surface area (Å²) < 4.78 is 0. The fourth-order valence-electron chi connectivity index (χ4n) is 1.41. The van der Waals surface area contributed by atoms with Gasteiger partial charge in [-0.25, -0.2) is 0 Å². The molecule has 0 aliphatic heterocycles. The number of hydrogen-bond donors (Lipinski definition) is 3. The Kier molecular flexibility index (Phi) is 7.54. The van der Waals surface area contributed by atoms with Crippen LogP contribution in [-0.4, -0.2) is 35.1 Å². The van der Waals surface area contributed by atoms with Crippen molar-refractivity contribution in [3.05, 3.63) is 0 Å². The van der Waals surface area contributed by atoms with Crippen LogP contribution in [0.25, 0.3) is 0 Å². The van der Waals surface area contributed by atoms with Crippen LogP contribution in [0.2, 0.25) is 0 Å². The highest BCUT2D eigenvalue weighted by Gasteiger charge is 2.22. The second-order valence-corrected chi connectivity index (χ2v) is 4.39. The second-order valence-electron chi connectivity index (χ2n) is 4.39. The van der Waals surface area contributed by atoms with Crippen molar-refractivity contribution in [3.63, 3.8) is 0 Å². The van der Waals surface area contributed by atoms with Crippen molar-refractivity contribution in [2.75, 3.05) is 0 Å². The Morgan fingerprint density at radius 2 is 1.82 bits per heavy atom. The number of carboxylic acid groups (broad SMARTS) is 1. The third-order valence-electron chi connectivity index (χ3n) is 2.72. The normalized spacial score (nSPS) is 16.0. The summed E-state index contributed by atoms with van der Waals surface area (Å²) in [5, 5.41) is 14.6. The molecule has 0 aromatic rings. The van der Waals surface area contributed by atoms with Crippen LogP contribution in [0.15, 0.2) is 0 Å². The quantitative estimate of drug-likeness (QED) is 0.598. The molecule has 3 atom stereocenters. The zero-order valence-corrected chi connectivity index (χ0v) is 11.1. The number of carboxylic acids is 1. The van der Waals surface area contributed by atoms with Gasteiger partial charge in [-0.05, 0) is 26.7 Å². The zero-order chi connectivity index (χ0) is 13.4. The van der Waals surface area contributed by atoms with E-state index in [1.165, 1.54) is 0 Å². The Morgan fingerprint density at radius 1 is 1.24 bits per heavy atom. The maximum absolute atomic E-state index is 11.7. The largest absolute Gasteiger partial charge is 0.480 e. The molecule has 5 nitrogen and oxygen atoms in total. The zero-order valence-electron chi connectivity index (χ0n) is 11.1. The van der Waals surface area contributed by atoms with Gasteiger partial charge in [0.1, 0.15) is 6.04 Å². The molecule has 0 saturated heterocycles. The highest BCUT2D eigenvalue weighted by atomic mass is 16.4. The van der Waals surface area contributed by atoms with Crippen LogP contribution in [0.5, 0.6) is 0 Å². The van der Waals surface area contributed by atoms with Crippen LogP contribution in [0.4, 0.5) is 0 Å². The first-order valence-electron chi connectivity index (χ1n) is 6.21. The van der Waals surface area contributed by atoms with E-state index in [-0.39, 0.29) is 11.9 Å². The third kappa shape index (κ3) is 6.26. The summed E-state index contributed by atoms with van der Waals surface area (Å²) >= 11 is 0. The van der Waals surface area contributed by atoms with E-state index in [2.05, 4.69) is 10.6 Å². The summed E-state index contributed by atoms with van der Waals surface area (Å²) in [7, 11) is 0. The summed E-state index contributed by atoms with van der Waals surface area (Å²) in [4.78, 5) is 22.6. The summed E-state index contributed by atoms with van der Waals surface area (Å²) in [6.07, 6.45) is 2.15. The minimum atomic E-state index is -0.907. The predicted octanol–water partition coefficient (Wildman–Crippen LogP) is 1.13. The fourth-order valence-corrected chi connectivity index (χ4v) is 1.41. The van der Waals surface area contributed by atoms with E-state index in [9.17, 15) is 9.59 Å². The van der Waals surface area contributed by atoms with Gasteiger partial charge in [-0.2, -0.15) is 0 Å². The van der Waals surface area contributed by atoms with E-state index >= 15 is 0 Å². The van der Waals surface area contributed by atoms with Gasteiger partial charge in [-0.15, -0.1) is 0 Å². The molecule has 17 heavy (non-hydrogen) atoms. The lowest BCUT2D eigenvalue weighted by Gasteiger charge is -2.21. The lowest BCUT2D eigenvalue weighted by Crippen LogP contribution is -2.50. The summed E-state index contributed by atoms with van der Waals surface area (Å²) in [6.45, 7) is 7.51. The molecule has 0 bridgehead atoms. The number of hydrogen-bond acceptors (Lipinski definition) is 3. The molecule has 0 aliphatic rings. The number of rotatable bonds is 8. The highest BCUT2D eigenvalue weighted by molar-refractivity contribution is 5.82. The van der Waals surface area contributed by atoms with Gasteiger partial charge in [0, 0.05) is 6.04 Å². The first-order chi connectivity index (χ1) is 7.92. The molecular weight excluding hydrogens is 220 g/mol. The Bertz CT molecular complexity index is 256. The maximum Gasteiger partial charge on any atom is 0.320 e. The second kappa shape index (κ2) is 8.06. The fraction of sp³-hybridized carbons (Fsp3) is 0.833.